The Morgan fingerprint density at radius 2 is 2.05 bits per heavy atom. The molecule has 21 heavy (non-hydrogen) atoms. The molecule has 0 atom stereocenters. The van der Waals surface area contributed by atoms with E-state index in [9.17, 15) is 9.59 Å². The van der Waals surface area contributed by atoms with Crippen molar-refractivity contribution in [3.05, 3.63) is 22.5 Å². The average molecular weight is 290 g/mol. The predicted octanol–water partition coefficient (Wildman–Crippen LogP) is 0.322. The lowest BCUT2D eigenvalue weighted by Gasteiger charge is -2.25. The van der Waals surface area contributed by atoms with Crippen LogP contribution in [-0.2, 0) is 6.54 Å². The van der Waals surface area contributed by atoms with Crippen molar-refractivity contribution < 1.29 is 4.79 Å². The number of hydrogen-bond donors (Lipinski definition) is 0. The summed E-state index contributed by atoms with van der Waals surface area (Å²) in [5, 5.41) is 7.88. The molecule has 0 radical (unpaired) electrons. The van der Waals surface area contributed by atoms with E-state index in [0.717, 1.165) is 38.8 Å². The second-order valence-electron chi connectivity index (χ2n) is 5.23. The van der Waals surface area contributed by atoms with Gasteiger partial charge in [-0.25, -0.2) is 14.2 Å². The molecule has 0 aromatic carbocycles. The van der Waals surface area contributed by atoms with Gasteiger partial charge in [-0.1, -0.05) is 12.1 Å². The van der Waals surface area contributed by atoms with Gasteiger partial charge in [0, 0.05) is 19.6 Å². The zero-order valence-corrected chi connectivity index (χ0v) is 12.0. The van der Waals surface area contributed by atoms with E-state index in [0.29, 0.717) is 6.54 Å². The quantitative estimate of drug-likeness (QED) is 0.812. The molecule has 0 unspecified atom stereocenters. The Morgan fingerprint density at radius 3 is 2.76 bits per heavy atom. The van der Waals surface area contributed by atoms with Crippen molar-refractivity contribution >= 4 is 11.6 Å². The molecule has 0 saturated carbocycles. The topological polar surface area (TPSA) is 85.4 Å². The Kier molecular flexibility index (Phi) is 3.68. The standard InChI is InChI=1S/C13H18N6O2/c1-2-6-19-13(21)18-9-14-10(11(18)15-16-19)12(20)17-7-4-3-5-8-17/h9H,2-8H2,1H3. The summed E-state index contributed by atoms with van der Waals surface area (Å²) >= 11 is 0. The fourth-order valence-electron chi connectivity index (χ4n) is 2.59. The lowest BCUT2D eigenvalue weighted by atomic mass is 10.1. The van der Waals surface area contributed by atoms with E-state index < -0.39 is 0 Å². The number of aryl methyl sites for hydroxylation is 1. The van der Waals surface area contributed by atoms with Crippen LogP contribution in [0, 0.1) is 0 Å². The van der Waals surface area contributed by atoms with Crippen LogP contribution in [0.1, 0.15) is 43.1 Å². The molecule has 0 N–H and O–H groups in total. The number of carbonyl (C=O) groups excluding carboxylic acids is 1. The van der Waals surface area contributed by atoms with Crippen molar-refractivity contribution in [2.75, 3.05) is 13.1 Å². The van der Waals surface area contributed by atoms with Crippen LogP contribution in [0.2, 0.25) is 0 Å². The van der Waals surface area contributed by atoms with Gasteiger partial charge in [-0.2, -0.15) is 4.68 Å². The predicted molar refractivity (Wildman–Crippen MR) is 75.1 cm³/mol. The molecule has 0 bridgehead atoms. The van der Waals surface area contributed by atoms with Gasteiger partial charge in [0.25, 0.3) is 5.91 Å². The molecular formula is C13H18N6O2. The number of piperidine rings is 1. The van der Waals surface area contributed by atoms with Crippen molar-refractivity contribution in [3.8, 4) is 0 Å². The summed E-state index contributed by atoms with van der Waals surface area (Å²) in [5.74, 6) is -0.167. The lowest BCUT2D eigenvalue weighted by molar-refractivity contribution is 0.0720. The molecule has 2 aromatic rings. The molecule has 1 aliphatic heterocycles. The average Bonchev–Trinajstić information content (AvgIpc) is 2.95. The number of likely N-dealkylation sites (tertiary alicyclic amines) is 1. The molecule has 0 aliphatic carbocycles. The zero-order chi connectivity index (χ0) is 14.8. The maximum Gasteiger partial charge on any atom is 0.352 e. The first kappa shape index (κ1) is 13.7. The normalized spacial score (nSPS) is 15.6. The molecule has 2 aromatic heterocycles. The van der Waals surface area contributed by atoms with Gasteiger partial charge in [0.2, 0.25) is 0 Å². The fourth-order valence-corrected chi connectivity index (χ4v) is 2.59. The summed E-state index contributed by atoms with van der Waals surface area (Å²) in [4.78, 5) is 30.5. The monoisotopic (exact) mass is 290 g/mol. The number of hydrogen-bond acceptors (Lipinski definition) is 5. The SMILES string of the molecule is CCCn1nnc2c(C(=O)N3CCCCC3)ncn2c1=O. The summed E-state index contributed by atoms with van der Waals surface area (Å²) in [6, 6.07) is 0. The number of rotatable bonds is 3. The molecule has 1 saturated heterocycles. The van der Waals surface area contributed by atoms with E-state index in [-0.39, 0.29) is 22.9 Å². The largest absolute Gasteiger partial charge is 0.352 e. The Hall–Kier alpha value is -2.25. The third kappa shape index (κ3) is 2.41. The minimum absolute atomic E-state index is 0.167. The van der Waals surface area contributed by atoms with Gasteiger partial charge < -0.3 is 4.90 Å². The van der Waals surface area contributed by atoms with Crippen LogP contribution in [0.25, 0.3) is 5.65 Å². The van der Waals surface area contributed by atoms with Crippen molar-refractivity contribution in [3.63, 3.8) is 0 Å². The first-order valence-corrected chi connectivity index (χ1v) is 7.32. The summed E-state index contributed by atoms with van der Waals surface area (Å²) < 4.78 is 2.57. The highest BCUT2D eigenvalue weighted by Gasteiger charge is 2.24. The number of aromatic nitrogens is 5. The molecular weight excluding hydrogens is 272 g/mol. The van der Waals surface area contributed by atoms with E-state index in [1.54, 1.807) is 4.90 Å². The second kappa shape index (κ2) is 5.63. The van der Waals surface area contributed by atoms with Gasteiger partial charge in [0.05, 0.1) is 0 Å². The Bertz CT molecular complexity index is 713. The summed E-state index contributed by atoms with van der Waals surface area (Å²) in [5.41, 5.74) is 0.139. The molecule has 3 heterocycles. The van der Waals surface area contributed by atoms with Gasteiger partial charge in [0.15, 0.2) is 11.3 Å². The third-order valence-corrected chi connectivity index (χ3v) is 3.70. The fraction of sp³-hybridized carbons (Fsp3) is 0.615. The maximum atomic E-state index is 12.5. The molecule has 8 nitrogen and oxygen atoms in total. The van der Waals surface area contributed by atoms with Gasteiger partial charge in [-0.05, 0) is 25.7 Å². The second-order valence-corrected chi connectivity index (χ2v) is 5.23. The van der Waals surface area contributed by atoms with E-state index in [4.69, 9.17) is 0 Å². The van der Waals surface area contributed by atoms with Gasteiger partial charge in [-0.3, -0.25) is 4.79 Å². The number of carbonyl (C=O) groups is 1. The number of fused-ring (bicyclic) bond motifs is 1. The van der Waals surface area contributed by atoms with Crippen molar-refractivity contribution in [2.24, 2.45) is 0 Å². The number of nitrogens with zero attached hydrogens (tertiary/aromatic N) is 6. The minimum Gasteiger partial charge on any atom is -0.337 e. The molecule has 1 fully saturated rings. The van der Waals surface area contributed by atoms with E-state index in [1.807, 2.05) is 6.92 Å². The van der Waals surface area contributed by atoms with E-state index in [2.05, 4.69) is 15.3 Å². The Balaban J connectivity index is 1.98. The van der Waals surface area contributed by atoms with E-state index >= 15 is 0 Å². The summed E-state index contributed by atoms with van der Waals surface area (Å²) in [7, 11) is 0. The zero-order valence-electron chi connectivity index (χ0n) is 12.0. The maximum absolute atomic E-state index is 12.5. The minimum atomic E-state index is -0.313. The van der Waals surface area contributed by atoms with Crippen molar-refractivity contribution in [1.82, 2.24) is 29.3 Å². The van der Waals surface area contributed by atoms with Crippen molar-refractivity contribution in [2.45, 2.75) is 39.2 Å². The molecule has 1 aliphatic rings. The van der Waals surface area contributed by atoms with Crippen LogP contribution in [0.5, 0.6) is 0 Å². The number of amides is 1. The Morgan fingerprint density at radius 1 is 1.29 bits per heavy atom. The van der Waals surface area contributed by atoms with Gasteiger partial charge in [-0.15, -0.1) is 5.10 Å². The van der Waals surface area contributed by atoms with E-state index in [1.165, 1.54) is 15.4 Å². The van der Waals surface area contributed by atoms with Crippen LogP contribution in [0.15, 0.2) is 11.1 Å². The highest BCUT2D eigenvalue weighted by molar-refractivity contribution is 5.97. The summed E-state index contributed by atoms with van der Waals surface area (Å²) in [6.45, 7) is 3.92. The van der Waals surface area contributed by atoms with Gasteiger partial charge in [0.1, 0.15) is 6.33 Å². The van der Waals surface area contributed by atoms with Crippen LogP contribution >= 0.6 is 0 Å². The first-order valence-electron chi connectivity index (χ1n) is 7.32. The Labute approximate surface area is 121 Å². The van der Waals surface area contributed by atoms with Crippen molar-refractivity contribution in [1.29, 1.82) is 0 Å². The smallest absolute Gasteiger partial charge is 0.337 e. The highest BCUT2D eigenvalue weighted by Crippen LogP contribution is 2.13. The van der Waals surface area contributed by atoms with Crippen LogP contribution in [-0.4, -0.2) is 48.3 Å². The third-order valence-electron chi connectivity index (χ3n) is 3.70. The first-order chi connectivity index (χ1) is 10.2. The molecule has 0 spiro atoms. The van der Waals surface area contributed by atoms with Gasteiger partial charge >= 0.3 is 5.69 Å². The molecule has 112 valence electrons. The molecule has 8 heteroatoms. The summed E-state index contributed by atoms with van der Waals surface area (Å²) in [6.07, 6.45) is 5.30. The lowest BCUT2D eigenvalue weighted by Crippen LogP contribution is -2.36. The van der Waals surface area contributed by atoms with Crippen LogP contribution in [0.3, 0.4) is 0 Å². The van der Waals surface area contributed by atoms with Crippen LogP contribution < -0.4 is 5.69 Å². The molecule has 3 rings (SSSR count). The number of imidazole rings is 1. The molecule has 1 amide bonds. The highest BCUT2D eigenvalue weighted by atomic mass is 16.2. The van der Waals surface area contributed by atoms with Crippen LogP contribution in [0.4, 0.5) is 0 Å².